The predicted molar refractivity (Wildman–Crippen MR) is 73.5 cm³/mol. The lowest BCUT2D eigenvalue weighted by Gasteiger charge is -2.13. The molecule has 0 spiro atoms. The molecule has 2 aromatic rings. The lowest BCUT2D eigenvalue weighted by molar-refractivity contribution is 0.591. The van der Waals surface area contributed by atoms with Gasteiger partial charge in [0.05, 0.1) is 5.01 Å². The van der Waals surface area contributed by atoms with E-state index in [0.29, 0.717) is 0 Å². The molecule has 90 valence electrons. The van der Waals surface area contributed by atoms with E-state index in [1.54, 1.807) is 17.4 Å². The molecule has 17 heavy (non-hydrogen) atoms. The van der Waals surface area contributed by atoms with Gasteiger partial charge in [0.25, 0.3) is 0 Å². The number of aromatic nitrogens is 1. The SMILES string of the molecule is Cc1ncc(CC(CBr)c2ccccc2F)s1. The minimum absolute atomic E-state index is 0.127. The highest BCUT2D eigenvalue weighted by molar-refractivity contribution is 9.09. The summed E-state index contributed by atoms with van der Waals surface area (Å²) in [4.78, 5) is 5.43. The van der Waals surface area contributed by atoms with Gasteiger partial charge in [-0.3, -0.25) is 0 Å². The Balaban J connectivity index is 2.20. The molecular weight excluding hydrogens is 301 g/mol. The van der Waals surface area contributed by atoms with Crippen LogP contribution in [-0.2, 0) is 6.42 Å². The topological polar surface area (TPSA) is 12.9 Å². The summed E-state index contributed by atoms with van der Waals surface area (Å²) in [5.41, 5.74) is 0.774. The third-order valence-electron chi connectivity index (χ3n) is 2.65. The van der Waals surface area contributed by atoms with Crippen molar-refractivity contribution in [3.05, 3.63) is 51.7 Å². The number of benzene rings is 1. The summed E-state index contributed by atoms with van der Waals surface area (Å²) < 4.78 is 13.7. The fourth-order valence-corrected chi connectivity index (χ4v) is 3.25. The van der Waals surface area contributed by atoms with Crippen molar-refractivity contribution in [2.75, 3.05) is 5.33 Å². The van der Waals surface area contributed by atoms with Crippen LogP contribution in [0.2, 0.25) is 0 Å². The van der Waals surface area contributed by atoms with Crippen LogP contribution in [0.15, 0.2) is 30.5 Å². The molecular formula is C13H13BrFNS. The maximum Gasteiger partial charge on any atom is 0.126 e. The molecule has 1 aromatic carbocycles. The zero-order chi connectivity index (χ0) is 12.3. The smallest absolute Gasteiger partial charge is 0.126 e. The first-order chi connectivity index (χ1) is 8.20. The Kier molecular flexibility index (Phi) is 4.29. The first-order valence-corrected chi connectivity index (χ1v) is 7.36. The second kappa shape index (κ2) is 5.74. The number of aryl methyl sites for hydroxylation is 1. The minimum Gasteiger partial charge on any atom is -0.250 e. The van der Waals surface area contributed by atoms with Crippen molar-refractivity contribution >= 4 is 27.3 Å². The van der Waals surface area contributed by atoms with Gasteiger partial charge in [-0.15, -0.1) is 11.3 Å². The first kappa shape index (κ1) is 12.7. The van der Waals surface area contributed by atoms with Gasteiger partial charge in [-0.1, -0.05) is 34.1 Å². The van der Waals surface area contributed by atoms with Crippen LogP contribution in [0.25, 0.3) is 0 Å². The van der Waals surface area contributed by atoms with Crippen LogP contribution in [0.3, 0.4) is 0 Å². The first-order valence-electron chi connectivity index (χ1n) is 5.42. The van der Waals surface area contributed by atoms with Crippen LogP contribution in [-0.4, -0.2) is 10.3 Å². The fraction of sp³-hybridized carbons (Fsp3) is 0.308. The van der Waals surface area contributed by atoms with E-state index in [0.717, 1.165) is 22.3 Å². The standard InChI is InChI=1S/C13H13BrFNS/c1-9-16-8-11(17-9)6-10(7-14)12-4-2-3-5-13(12)15/h2-5,8,10H,6-7H2,1H3. The molecule has 0 aliphatic rings. The zero-order valence-corrected chi connectivity index (χ0v) is 11.9. The van der Waals surface area contributed by atoms with Crippen molar-refractivity contribution in [1.82, 2.24) is 4.98 Å². The molecule has 1 aromatic heterocycles. The van der Waals surface area contributed by atoms with Crippen LogP contribution in [0.5, 0.6) is 0 Å². The van der Waals surface area contributed by atoms with Crippen LogP contribution < -0.4 is 0 Å². The third kappa shape index (κ3) is 3.13. The number of alkyl halides is 1. The second-order valence-corrected chi connectivity index (χ2v) is 5.89. The van der Waals surface area contributed by atoms with Crippen LogP contribution >= 0.6 is 27.3 Å². The molecule has 0 N–H and O–H groups in total. The minimum atomic E-state index is -0.127. The van der Waals surface area contributed by atoms with Gasteiger partial charge in [0.15, 0.2) is 0 Å². The molecule has 0 aliphatic carbocycles. The van der Waals surface area contributed by atoms with E-state index in [4.69, 9.17) is 0 Å². The average Bonchev–Trinajstić information content (AvgIpc) is 2.73. The number of halogens is 2. The lowest BCUT2D eigenvalue weighted by atomic mass is 9.97. The third-order valence-corrected chi connectivity index (χ3v) is 4.36. The van der Waals surface area contributed by atoms with Crippen molar-refractivity contribution in [3.8, 4) is 0 Å². The molecule has 0 saturated heterocycles. The van der Waals surface area contributed by atoms with Crippen molar-refractivity contribution in [1.29, 1.82) is 0 Å². The molecule has 1 atom stereocenters. The summed E-state index contributed by atoms with van der Waals surface area (Å²) >= 11 is 5.15. The average molecular weight is 314 g/mol. The Morgan fingerprint density at radius 2 is 2.18 bits per heavy atom. The summed E-state index contributed by atoms with van der Waals surface area (Å²) in [7, 11) is 0. The van der Waals surface area contributed by atoms with E-state index < -0.39 is 0 Å². The highest BCUT2D eigenvalue weighted by Gasteiger charge is 2.15. The molecule has 0 amide bonds. The van der Waals surface area contributed by atoms with Gasteiger partial charge in [0.1, 0.15) is 5.82 Å². The molecule has 1 nitrogen and oxygen atoms in total. The molecule has 0 aliphatic heterocycles. The van der Waals surface area contributed by atoms with E-state index >= 15 is 0 Å². The Labute approximate surface area is 113 Å². The zero-order valence-electron chi connectivity index (χ0n) is 9.49. The Morgan fingerprint density at radius 1 is 1.41 bits per heavy atom. The maximum atomic E-state index is 13.7. The molecule has 1 heterocycles. The molecule has 2 rings (SSSR count). The summed E-state index contributed by atoms with van der Waals surface area (Å²) in [5.74, 6) is 0.0363. The van der Waals surface area contributed by atoms with Gasteiger partial charge < -0.3 is 0 Å². The van der Waals surface area contributed by atoms with Crippen LogP contribution in [0.4, 0.5) is 4.39 Å². The van der Waals surface area contributed by atoms with Crippen LogP contribution in [0.1, 0.15) is 21.4 Å². The largest absolute Gasteiger partial charge is 0.250 e. The fourth-order valence-electron chi connectivity index (χ4n) is 1.80. The number of nitrogens with zero attached hydrogens (tertiary/aromatic N) is 1. The highest BCUT2D eigenvalue weighted by Crippen LogP contribution is 2.27. The van der Waals surface area contributed by atoms with Crippen molar-refractivity contribution in [2.24, 2.45) is 0 Å². The predicted octanol–water partition coefficient (Wildman–Crippen LogP) is 4.31. The van der Waals surface area contributed by atoms with E-state index in [1.807, 2.05) is 25.3 Å². The lowest BCUT2D eigenvalue weighted by Crippen LogP contribution is -2.05. The van der Waals surface area contributed by atoms with E-state index in [2.05, 4.69) is 20.9 Å². The molecule has 0 radical (unpaired) electrons. The second-order valence-electron chi connectivity index (χ2n) is 3.92. The molecule has 0 saturated carbocycles. The summed E-state index contributed by atoms with van der Waals surface area (Å²) in [6, 6.07) is 6.98. The maximum absolute atomic E-state index is 13.7. The van der Waals surface area contributed by atoms with E-state index in [1.165, 1.54) is 10.9 Å². The van der Waals surface area contributed by atoms with Gasteiger partial charge in [-0.2, -0.15) is 0 Å². The monoisotopic (exact) mass is 313 g/mol. The van der Waals surface area contributed by atoms with Crippen LogP contribution in [0, 0.1) is 12.7 Å². The van der Waals surface area contributed by atoms with Gasteiger partial charge in [0.2, 0.25) is 0 Å². The van der Waals surface area contributed by atoms with Crippen molar-refractivity contribution in [2.45, 2.75) is 19.3 Å². The Morgan fingerprint density at radius 3 is 2.76 bits per heavy atom. The van der Waals surface area contributed by atoms with Gasteiger partial charge >= 0.3 is 0 Å². The number of hydrogen-bond donors (Lipinski definition) is 0. The highest BCUT2D eigenvalue weighted by atomic mass is 79.9. The molecule has 0 fully saturated rings. The number of thiazole rings is 1. The van der Waals surface area contributed by atoms with Crippen molar-refractivity contribution < 1.29 is 4.39 Å². The number of rotatable bonds is 4. The Hall–Kier alpha value is -0.740. The Bertz CT molecular complexity index is 498. The molecule has 1 unspecified atom stereocenters. The number of hydrogen-bond acceptors (Lipinski definition) is 2. The summed E-state index contributed by atoms with van der Waals surface area (Å²) in [5, 5.41) is 1.81. The quantitative estimate of drug-likeness (QED) is 0.766. The summed E-state index contributed by atoms with van der Waals surface area (Å²) in [6.07, 6.45) is 2.72. The molecule has 4 heteroatoms. The summed E-state index contributed by atoms with van der Waals surface area (Å²) in [6.45, 7) is 1.99. The van der Waals surface area contributed by atoms with Gasteiger partial charge in [-0.05, 0) is 25.0 Å². The normalized spacial score (nSPS) is 12.6. The van der Waals surface area contributed by atoms with E-state index in [-0.39, 0.29) is 11.7 Å². The van der Waals surface area contributed by atoms with E-state index in [9.17, 15) is 4.39 Å². The van der Waals surface area contributed by atoms with Gasteiger partial charge in [-0.25, -0.2) is 9.37 Å². The van der Waals surface area contributed by atoms with Crippen molar-refractivity contribution in [3.63, 3.8) is 0 Å². The molecule has 0 bridgehead atoms. The van der Waals surface area contributed by atoms with Gasteiger partial charge in [0, 0.05) is 22.3 Å².